The van der Waals surface area contributed by atoms with E-state index in [1.165, 1.54) is 5.56 Å². The number of hydrogen-bond acceptors (Lipinski definition) is 2. The maximum Gasteiger partial charge on any atom is 0.128 e. The van der Waals surface area contributed by atoms with Gasteiger partial charge in [-0.25, -0.2) is 0 Å². The van der Waals surface area contributed by atoms with Crippen molar-refractivity contribution in [2.75, 3.05) is 5.32 Å². The summed E-state index contributed by atoms with van der Waals surface area (Å²) in [6.07, 6.45) is 0. The summed E-state index contributed by atoms with van der Waals surface area (Å²) in [4.78, 5) is 0. The summed E-state index contributed by atoms with van der Waals surface area (Å²) in [5.41, 5.74) is 2.98. The van der Waals surface area contributed by atoms with E-state index in [2.05, 4.69) is 38.2 Å². The van der Waals surface area contributed by atoms with Crippen molar-refractivity contribution in [3.05, 3.63) is 58.6 Å². The van der Waals surface area contributed by atoms with Gasteiger partial charge in [0.05, 0.1) is 16.8 Å². The zero-order valence-electron chi connectivity index (χ0n) is 11.9. The molecule has 0 spiro atoms. The predicted molar refractivity (Wildman–Crippen MR) is 83.7 cm³/mol. The first-order valence-electron chi connectivity index (χ1n) is 6.78. The lowest BCUT2D eigenvalue weighted by molar-refractivity contribution is 0.118. The Morgan fingerprint density at radius 3 is 2.60 bits per heavy atom. The van der Waals surface area contributed by atoms with Crippen molar-refractivity contribution >= 4 is 17.3 Å². The number of halogens is 1. The van der Waals surface area contributed by atoms with Crippen LogP contribution in [0.5, 0.6) is 5.75 Å². The minimum Gasteiger partial charge on any atom is -0.485 e. The topological polar surface area (TPSA) is 21.3 Å². The van der Waals surface area contributed by atoms with E-state index >= 15 is 0 Å². The first kappa shape index (κ1) is 13.3. The van der Waals surface area contributed by atoms with Crippen molar-refractivity contribution in [2.24, 2.45) is 0 Å². The highest BCUT2D eigenvalue weighted by Crippen LogP contribution is 2.45. The highest BCUT2D eigenvalue weighted by molar-refractivity contribution is 6.33. The summed E-state index contributed by atoms with van der Waals surface area (Å²) in [7, 11) is 0. The van der Waals surface area contributed by atoms with Gasteiger partial charge in [-0.3, -0.25) is 0 Å². The lowest BCUT2D eigenvalue weighted by Gasteiger charge is -2.29. The van der Waals surface area contributed by atoms with Gasteiger partial charge in [0, 0.05) is 5.56 Å². The van der Waals surface area contributed by atoms with Crippen LogP contribution < -0.4 is 10.1 Å². The molecule has 20 heavy (non-hydrogen) atoms. The Morgan fingerprint density at radius 2 is 1.85 bits per heavy atom. The predicted octanol–water partition coefficient (Wildman–Crippen LogP) is 4.97. The van der Waals surface area contributed by atoms with Gasteiger partial charge in [-0.15, -0.1) is 0 Å². The fraction of sp³-hybridized carbons (Fsp3) is 0.294. The van der Waals surface area contributed by atoms with Crippen molar-refractivity contribution in [1.82, 2.24) is 0 Å². The zero-order valence-corrected chi connectivity index (χ0v) is 12.7. The minimum absolute atomic E-state index is 0.0808. The second-order valence-corrected chi connectivity index (χ2v) is 6.16. The number of hydrogen-bond donors (Lipinski definition) is 1. The smallest absolute Gasteiger partial charge is 0.128 e. The standard InChI is InChI=1S/C17H18ClNO/c1-11-7-6-9-13(18)15(11)19-16-12-8-4-5-10-14(12)20-17(16,2)3/h4-10,16,19H,1-3H3. The third kappa shape index (κ3) is 2.14. The molecule has 1 heterocycles. The van der Waals surface area contributed by atoms with Crippen LogP contribution in [-0.2, 0) is 0 Å². The summed E-state index contributed by atoms with van der Waals surface area (Å²) in [6, 6.07) is 14.2. The molecule has 104 valence electrons. The SMILES string of the molecule is Cc1cccc(Cl)c1NC1c2ccccc2OC1(C)C. The second-order valence-electron chi connectivity index (χ2n) is 5.75. The van der Waals surface area contributed by atoms with E-state index in [4.69, 9.17) is 16.3 Å². The molecule has 1 unspecified atom stereocenters. The Morgan fingerprint density at radius 1 is 1.10 bits per heavy atom. The van der Waals surface area contributed by atoms with E-state index in [1.807, 2.05) is 30.3 Å². The third-order valence-electron chi connectivity index (χ3n) is 3.81. The van der Waals surface area contributed by atoms with E-state index < -0.39 is 0 Å². The van der Waals surface area contributed by atoms with Crippen LogP contribution in [0.2, 0.25) is 5.02 Å². The number of ether oxygens (including phenoxy) is 1. The number of nitrogens with one attached hydrogen (secondary N) is 1. The molecule has 0 aliphatic carbocycles. The van der Waals surface area contributed by atoms with Gasteiger partial charge in [-0.2, -0.15) is 0 Å². The van der Waals surface area contributed by atoms with Crippen molar-refractivity contribution in [2.45, 2.75) is 32.4 Å². The van der Waals surface area contributed by atoms with E-state index in [1.54, 1.807) is 0 Å². The Hall–Kier alpha value is -1.67. The van der Waals surface area contributed by atoms with Crippen molar-refractivity contribution in [3.8, 4) is 5.75 Å². The molecule has 1 atom stereocenters. The average molecular weight is 288 g/mol. The van der Waals surface area contributed by atoms with Crippen LogP contribution >= 0.6 is 11.6 Å². The Kier molecular flexibility index (Phi) is 3.14. The molecule has 2 nitrogen and oxygen atoms in total. The van der Waals surface area contributed by atoms with E-state index in [9.17, 15) is 0 Å². The van der Waals surface area contributed by atoms with Gasteiger partial charge in [-0.1, -0.05) is 41.9 Å². The monoisotopic (exact) mass is 287 g/mol. The average Bonchev–Trinajstić information content (AvgIpc) is 2.64. The molecule has 0 aromatic heterocycles. The van der Waals surface area contributed by atoms with Gasteiger partial charge in [-0.05, 0) is 38.5 Å². The molecule has 0 bridgehead atoms. The quantitative estimate of drug-likeness (QED) is 0.842. The van der Waals surface area contributed by atoms with Crippen molar-refractivity contribution in [3.63, 3.8) is 0 Å². The van der Waals surface area contributed by atoms with Crippen LogP contribution in [-0.4, -0.2) is 5.60 Å². The van der Waals surface area contributed by atoms with E-state index in [-0.39, 0.29) is 11.6 Å². The number of aryl methyl sites for hydroxylation is 1. The molecule has 1 aliphatic rings. The molecule has 0 saturated heterocycles. The molecule has 0 saturated carbocycles. The summed E-state index contributed by atoms with van der Waals surface area (Å²) in [5.74, 6) is 0.944. The largest absolute Gasteiger partial charge is 0.485 e. The second kappa shape index (κ2) is 4.71. The maximum atomic E-state index is 6.32. The lowest BCUT2D eigenvalue weighted by Crippen LogP contribution is -2.35. The molecule has 1 N–H and O–H groups in total. The van der Waals surface area contributed by atoms with Crippen molar-refractivity contribution < 1.29 is 4.74 Å². The fourth-order valence-corrected chi connectivity index (χ4v) is 3.02. The van der Waals surface area contributed by atoms with E-state index in [0.717, 1.165) is 22.0 Å². The lowest BCUT2D eigenvalue weighted by atomic mass is 9.94. The minimum atomic E-state index is -0.310. The van der Waals surface area contributed by atoms with Gasteiger partial charge in [0.2, 0.25) is 0 Å². The van der Waals surface area contributed by atoms with Gasteiger partial charge < -0.3 is 10.1 Å². The summed E-state index contributed by atoms with van der Waals surface area (Å²) in [6.45, 7) is 6.25. The normalized spacial score (nSPS) is 19.3. The Bertz CT molecular complexity index is 631. The maximum absolute atomic E-state index is 6.32. The summed E-state index contributed by atoms with van der Waals surface area (Å²) in [5, 5.41) is 4.31. The first-order chi connectivity index (χ1) is 9.49. The number of rotatable bonds is 2. The van der Waals surface area contributed by atoms with Crippen molar-refractivity contribution in [1.29, 1.82) is 0 Å². The molecule has 2 aromatic carbocycles. The van der Waals surface area contributed by atoms with Crippen LogP contribution in [0, 0.1) is 6.92 Å². The molecule has 0 radical (unpaired) electrons. The van der Waals surface area contributed by atoms with Gasteiger partial charge in [0.1, 0.15) is 11.4 Å². The Labute approximate surface area is 124 Å². The molecule has 1 aliphatic heterocycles. The number of fused-ring (bicyclic) bond motifs is 1. The van der Waals surface area contributed by atoms with Gasteiger partial charge in [0.15, 0.2) is 0 Å². The molecule has 0 amide bonds. The molecular formula is C17H18ClNO. The number of para-hydroxylation sites is 2. The third-order valence-corrected chi connectivity index (χ3v) is 4.12. The molecular weight excluding hydrogens is 270 g/mol. The Balaban J connectivity index is 2.02. The highest BCUT2D eigenvalue weighted by Gasteiger charge is 2.41. The van der Waals surface area contributed by atoms with E-state index in [0.29, 0.717) is 0 Å². The van der Waals surface area contributed by atoms with Gasteiger partial charge >= 0.3 is 0 Å². The van der Waals surface area contributed by atoms with Crippen LogP contribution in [0.15, 0.2) is 42.5 Å². The zero-order chi connectivity index (χ0) is 14.3. The summed E-state index contributed by atoms with van der Waals surface area (Å²) < 4.78 is 6.05. The fourth-order valence-electron chi connectivity index (χ4n) is 2.74. The molecule has 0 fully saturated rings. The molecule has 3 rings (SSSR count). The number of benzene rings is 2. The molecule has 2 aromatic rings. The highest BCUT2D eigenvalue weighted by atomic mass is 35.5. The number of anilines is 1. The van der Waals surface area contributed by atoms with Crippen LogP contribution in [0.1, 0.15) is 31.0 Å². The van der Waals surface area contributed by atoms with Crippen LogP contribution in [0.3, 0.4) is 0 Å². The first-order valence-corrected chi connectivity index (χ1v) is 7.16. The van der Waals surface area contributed by atoms with Gasteiger partial charge in [0.25, 0.3) is 0 Å². The van der Waals surface area contributed by atoms with Crippen LogP contribution in [0.4, 0.5) is 5.69 Å². The van der Waals surface area contributed by atoms with Crippen LogP contribution in [0.25, 0.3) is 0 Å². The molecule has 3 heteroatoms. The summed E-state index contributed by atoms with van der Waals surface area (Å²) >= 11 is 6.32.